The van der Waals surface area contributed by atoms with Crippen LogP contribution in [0, 0.1) is 6.92 Å². The van der Waals surface area contributed by atoms with Crippen LogP contribution in [0.4, 0.5) is 0 Å². The number of ether oxygens (including phenoxy) is 1. The van der Waals surface area contributed by atoms with Crippen molar-refractivity contribution in [3.05, 3.63) is 35.0 Å². The van der Waals surface area contributed by atoms with Gasteiger partial charge in [0.1, 0.15) is 11.3 Å². The van der Waals surface area contributed by atoms with Crippen molar-refractivity contribution in [2.24, 2.45) is 7.05 Å². The van der Waals surface area contributed by atoms with Gasteiger partial charge in [-0.3, -0.25) is 9.48 Å². The highest BCUT2D eigenvalue weighted by Crippen LogP contribution is 2.29. The average molecular weight is 304 g/mol. The van der Waals surface area contributed by atoms with Crippen molar-refractivity contribution in [3.8, 4) is 0 Å². The number of fused-ring (bicyclic) bond motifs is 1. The summed E-state index contributed by atoms with van der Waals surface area (Å²) in [6.45, 7) is 6.11. The van der Waals surface area contributed by atoms with E-state index in [4.69, 9.17) is 9.26 Å². The van der Waals surface area contributed by atoms with Crippen LogP contribution in [-0.2, 0) is 18.3 Å². The Labute approximate surface area is 128 Å². The molecule has 1 atom stereocenters. The van der Waals surface area contributed by atoms with E-state index in [1.807, 2.05) is 29.7 Å². The van der Waals surface area contributed by atoms with Crippen LogP contribution in [0.2, 0.25) is 0 Å². The highest BCUT2D eigenvalue weighted by molar-refractivity contribution is 5.94. The molecular formula is C15H20N4O3. The molecule has 22 heavy (non-hydrogen) atoms. The molecular weight excluding hydrogens is 284 g/mol. The summed E-state index contributed by atoms with van der Waals surface area (Å²) in [5.41, 5.74) is 2.74. The summed E-state index contributed by atoms with van der Waals surface area (Å²) in [5.74, 6) is 0.610. The molecule has 0 N–H and O–H groups in total. The fourth-order valence-corrected chi connectivity index (χ4v) is 2.98. The maximum Gasteiger partial charge on any atom is 0.259 e. The van der Waals surface area contributed by atoms with Crippen molar-refractivity contribution in [1.29, 1.82) is 0 Å². The normalized spacial score (nSPS) is 17.6. The van der Waals surface area contributed by atoms with Crippen molar-refractivity contribution in [1.82, 2.24) is 19.8 Å². The van der Waals surface area contributed by atoms with Crippen LogP contribution in [0.1, 0.15) is 40.2 Å². The first-order valence-electron chi connectivity index (χ1n) is 7.40. The molecule has 1 aliphatic rings. The second kappa shape index (κ2) is 5.92. The third-order valence-corrected chi connectivity index (χ3v) is 4.04. The van der Waals surface area contributed by atoms with Gasteiger partial charge in [0.05, 0.1) is 24.7 Å². The summed E-state index contributed by atoms with van der Waals surface area (Å²) < 4.78 is 12.5. The van der Waals surface area contributed by atoms with E-state index in [0.717, 1.165) is 11.3 Å². The number of hydrogen-bond donors (Lipinski definition) is 0. The standard InChI is InChI=1S/C15H20N4O3/c1-4-21-9-12-8-19(7-11-5-16-18(3)14(11)12)15(20)13-6-17-22-10(13)2/h5-6,12H,4,7-9H2,1-3H3/t12-/m0/s1. The smallest absolute Gasteiger partial charge is 0.259 e. The van der Waals surface area contributed by atoms with Crippen molar-refractivity contribution >= 4 is 5.91 Å². The fraction of sp³-hybridized carbons (Fsp3) is 0.533. The molecule has 2 aromatic rings. The maximum absolute atomic E-state index is 12.7. The third-order valence-electron chi connectivity index (χ3n) is 4.04. The predicted molar refractivity (Wildman–Crippen MR) is 78.4 cm³/mol. The van der Waals surface area contributed by atoms with E-state index in [-0.39, 0.29) is 11.8 Å². The molecule has 2 aromatic heterocycles. The maximum atomic E-state index is 12.7. The highest BCUT2D eigenvalue weighted by atomic mass is 16.5. The topological polar surface area (TPSA) is 73.4 Å². The number of carbonyl (C=O) groups is 1. The van der Waals surface area contributed by atoms with Gasteiger partial charge < -0.3 is 14.2 Å². The van der Waals surface area contributed by atoms with Crippen LogP contribution in [-0.4, -0.2) is 45.5 Å². The van der Waals surface area contributed by atoms with E-state index in [1.165, 1.54) is 6.20 Å². The molecule has 7 heteroatoms. The Balaban J connectivity index is 1.87. The monoisotopic (exact) mass is 304 g/mol. The van der Waals surface area contributed by atoms with Crippen molar-refractivity contribution in [2.75, 3.05) is 19.8 Å². The van der Waals surface area contributed by atoms with Gasteiger partial charge in [-0.1, -0.05) is 5.16 Å². The lowest BCUT2D eigenvalue weighted by Crippen LogP contribution is -2.40. The SMILES string of the molecule is CCOC[C@@H]1CN(C(=O)c2cnoc2C)Cc2cnn(C)c21. The van der Waals surface area contributed by atoms with E-state index in [0.29, 0.717) is 37.6 Å². The summed E-state index contributed by atoms with van der Waals surface area (Å²) in [4.78, 5) is 14.5. The predicted octanol–water partition coefficient (Wildman–Crippen LogP) is 1.49. The van der Waals surface area contributed by atoms with Crippen LogP contribution in [0.3, 0.4) is 0 Å². The van der Waals surface area contributed by atoms with Crippen LogP contribution in [0.25, 0.3) is 0 Å². The van der Waals surface area contributed by atoms with E-state index in [9.17, 15) is 4.79 Å². The summed E-state index contributed by atoms with van der Waals surface area (Å²) >= 11 is 0. The molecule has 7 nitrogen and oxygen atoms in total. The summed E-state index contributed by atoms with van der Waals surface area (Å²) in [6.07, 6.45) is 3.31. The van der Waals surface area contributed by atoms with Gasteiger partial charge in [0, 0.05) is 38.2 Å². The lowest BCUT2D eigenvalue weighted by molar-refractivity contribution is 0.0646. The minimum Gasteiger partial charge on any atom is -0.381 e. The molecule has 0 bridgehead atoms. The molecule has 3 heterocycles. The number of rotatable bonds is 4. The largest absolute Gasteiger partial charge is 0.381 e. The first-order chi connectivity index (χ1) is 10.6. The first kappa shape index (κ1) is 14.8. The molecule has 1 aliphatic heterocycles. The van der Waals surface area contributed by atoms with E-state index in [1.54, 1.807) is 6.92 Å². The summed E-state index contributed by atoms with van der Waals surface area (Å²) in [6, 6.07) is 0. The van der Waals surface area contributed by atoms with E-state index < -0.39 is 0 Å². The average Bonchev–Trinajstić information content (AvgIpc) is 3.10. The van der Waals surface area contributed by atoms with Gasteiger partial charge in [-0.2, -0.15) is 5.10 Å². The molecule has 0 fully saturated rings. The number of aromatic nitrogens is 3. The molecule has 1 amide bonds. The third kappa shape index (κ3) is 2.52. The van der Waals surface area contributed by atoms with Gasteiger partial charge in [0.15, 0.2) is 0 Å². The fourth-order valence-electron chi connectivity index (χ4n) is 2.98. The Kier molecular flexibility index (Phi) is 3.98. The Bertz CT molecular complexity index is 676. The van der Waals surface area contributed by atoms with Crippen LogP contribution >= 0.6 is 0 Å². The van der Waals surface area contributed by atoms with Crippen molar-refractivity contribution < 1.29 is 14.1 Å². The zero-order chi connectivity index (χ0) is 15.7. The number of hydrogen-bond acceptors (Lipinski definition) is 5. The molecule has 0 aliphatic carbocycles. The molecule has 0 saturated carbocycles. The van der Waals surface area contributed by atoms with Crippen LogP contribution in [0.5, 0.6) is 0 Å². The minimum absolute atomic E-state index is 0.0604. The molecule has 118 valence electrons. The van der Waals surface area contributed by atoms with Gasteiger partial charge in [0.2, 0.25) is 0 Å². The first-order valence-corrected chi connectivity index (χ1v) is 7.40. The quantitative estimate of drug-likeness (QED) is 0.855. The van der Waals surface area contributed by atoms with Gasteiger partial charge in [-0.25, -0.2) is 0 Å². The molecule has 0 saturated heterocycles. The van der Waals surface area contributed by atoms with Crippen LogP contribution < -0.4 is 0 Å². The Morgan fingerprint density at radius 1 is 1.50 bits per heavy atom. The highest BCUT2D eigenvalue weighted by Gasteiger charge is 2.32. The zero-order valence-corrected chi connectivity index (χ0v) is 13.1. The molecule has 0 unspecified atom stereocenters. The Morgan fingerprint density at radius 3 is 3.00 bits per heavy atom. The lowest BCUT2D eigenvalue weighted by Gasteiger charge is -2.32. The van der Waals surface area contributed by atoms with Gasteiger partial charge >= 0.3 is 0 Å². The molecule has 0 radical (unpaired) electrons. The van der Waals surface area contributed by atoms with Crippen molar-refractivity contribution in [2.45, 2.75) is 26.3 Å². The van der Waals surface area contributed by atoms with Crippen LogP contribution in [0.15, 0.2) is 16.9 Å². The van der Waals surface area contributed by atoms with Gasteiger partial charge in [0.25, 0.3) is 5.91 Å². The van der Waals surface area contributed by atoms with E-state index >= 15 is 0 Å². The zero-order valence-electron chi connectivity index (χ0n) is 13.1. The number of aryl methyl sites for hydroxylation is 2. The second-order valence-electron chi connectivity index (χ2n) is 5.52. The van der Waals surface area contributed by atoms with Gasteiger partial charge in [-0.15, -0.1) is 0 Å². The van der Waals surface area contributed by atoms with E-state index in [2.05, 4.69) is 10.3 Å². The lowest BCUT2D eigenvalue weighted by atomic mass is 9.96. The van der Waals surface area contributed by atoms with Crippen molar-refractivity contribution in [3.63, 3.8) is 0 Å². The summed E-state index contributed by atoms with van der Waals surface area (Å²) in [7, 11) is 1.93. The number of nitrogens with zero attached hydrogens (tertiary/aromatic N) is 4. The minimum atomic E-state index is -0.0604. The molecule has 0 spiro atoms. The number of amides is 1. The second-order valence-corrected chi connectivity index (χ2v) is 5.52. The Hall–Kier alpha value is -2.15. The van der Waals surface area contributed by atoms with Gasteiger partial charge in [-0.05, 0) is 13.8 Å². The number of carbonyl (C=O) groups excluding carboxylic acids is 1. The molecule has 0 aromatic carbocycles. The Morgan fingerprint density at radius 2 is 2.32 bits per heavy atom. The summed E-state index contributed by atoms with van der Waals surface area (Å²) in [5, 5.41) is 8.01. The molecule has 3 rings (SSSR count).